The SMILES string of the molecule is Nc1c(-c2cccc(Cl)c2Cl)nc2c(Cl)cccn12. The summed E-state index contributed by atoms with van der Waals surface area (Å²) in [4.78, 5) is 4.45. The topological polar surface area (TPSA) is 43.3 Å². The first-order valence-corrected chi connectivity index (χ1v) is 6.59. The molecule has 96 valence electrons. The van der Waals surface area contributed by atoms with Gasteiger partial charge in [0.1, 0.15) is 11.5 Å². The number of nitrogens with two attached hydrogens (primary N) is 1. The lowest BCUT2D eigenvalue weighted by Crippen LogP contribution is -1.94. The summed E-state index contributed by atoms with van der Waals surface area (Å²) in [6.07, 6.45) is 1.80. The van der Waals surface area contributed by atoms with Crippen LogP contribution in [-0.2, 0) is 0 Å². The molecule has 3 rings (SSSR count). The largest absolute Gasteiger partial charge is 0.383 e. The van der Waals surface area contributed by atoms with E-state index >= 15 is 0 Å². The van der Waals surface area contributed by atoms with Crippen LogP contribution in [0.25, 0.3) is 16.9 Å². The van der Waals surface area contributed by atoms with E-state index in [1.54, 1.807) is 34.9 Å². The van der Waals surface area contributed by atoms with E-state index in [2.05, 4.69) is 4.98 Å². The lowest BCUT2D eigenvalue weighted by molar-refractivity contribution is 1.20. The van der Waals surface area contributed by atoms with Crippen LogP contribution in [0.5, 0.6) is 0 Å². The summed E-state index contributed by atoms with van der Waals surface area (Å²) in [5.74, 6) is 0.474. The number of benzene rings is 1. The van der Waals surface area contributed by atoms with Gasteiger partial charge in [-0.1, -0.05) is 46.9 Å². The number of imidazole rings is 1. The number of anilines is 1. The first-order chi connectivity index (χ1) is 9.09. The zero-order valence-corrected chi connectivity index (χ0v) is 11.8. The fourth-order valence-electron chi connectivity index (χ4n) is 1.94. The first kappa shape index (κ1) is 12.6. The Labute approximate surface area is 124 Å². The van der Waals surface area contributed by atoms with Gasteiger partial charge >= 0.3 is 0 Å². The van der Waals surface area contributed by atoms with Gasteiger partial charge in [0.25, 0.3) is 0 Å². The van der Waals surface area contributed by atoms with Crippen molar-refractivity contribution in [2.24, 2.45) is 0 Å². The number of nitrogen functional groups attached to an aromatic ring is 1. The molecule has 1 aromatic carbocycles. The number of halogens is 3. The lowest BCUT2D eigenvalue weighted by Gasteiger charge is -2.03. The van der Waals surface area contributed by atoms with Crippen molar-refractivity contribution in [2.45, 2.75) is 0 Å². The van der Waals surface area contributed by atoms with Crippen molar-refractivity contribution >= 4 is 46.3 Å². The molecule has 0 aliphatic rings. The molecule has 0 saturated heterocycles. The Bertz CT molecular complexity index is 780. The Morgan fingerprint density at radius 3 is 2.47 bits per heavy atom. The molecule has 0 atom stereocenters. The van der Waals surface area contributed by atoms with Crippen molar-refractivity contribution in [3.8, 4) is 11.3 Å². The van der Waals surface area contributed by atoms with E-state index in [-0.39, 0.29) is 0 Å². The minimum Gasteiger partial charge on any atom is -0.383 e. The average Bonchev–Trinajstić information content (AvgIpc) is 2.72. The highest BCUT2D eigenvalue weighted by Gasteiger charge is 2.16. The van der Waals surface area contributed by atoms with Crippen LogP contribution < -0.4 is 5.73 Å². The average molecular weight is 313 g/mol. The molecule has 19 heavy (non-hydrogen) atoms. The Morgan fingerprint density at radius 1 is 1.00 bits per heavy atom. The maximum Gasteiger partial charge on any atom is 0.157 e. The van der Waals surface area contributed by atoms with Gasteiger partial charge in [0.05, 0.1) is 15.1 Å². The fourth-order valence-corrected chi connectivity index (χ4v) is 2.53. The molecule has 2 N–H and O–H groups in total. The number of hydrogen-bond donors (Lipinski definition) is 1. The summed E-state index contributed by atoms with van der Waals surface area (Å²) in [6, 6.07) is 8.89. The van der Waals surface area contributed by atoms with Crippen LogP contribution in [0.15, 0.2) is 36.5 Å². The number of nitrogens with zero attached hydrogens (tertiary/aromatic N) is 2. The molecule has 6 heteroatoms. The van der Waals surface area contributed by atoms with Gasteiger partial charge < -0.3 is 5.73 Å². The van der Waals surface area contributed by atoms with Crippen molar-refractivity contribution in [3.05, 3.63) is 51.6 Å². The van der Waals surface area contributed by atoms with E-state index in [0.29, 0.717) is 37.8 Å². The monoisotopic (exact) mass is 311 g/mol. The van der Waals surface area contributed by atoms with E-state index < -0.39 is 0 Å². The van der Waals surface area contributed by atoms with E-state index in [0.717, 1.165) is 0 Å². The molecule has 0 aliphatic carbocycles. The van der Waals surface area contributed by atoms with Crippen LogP contribution in [0, 0.1) is 0 Å². The maximum atomic E-state index is 6.20. The minimum atomic E-state index is 0.426. The smallest absolute Gasteiger partial charge is 0.157 e. The maximum absolute atomic E-state index is 6.20. The van der Waals surface area contributed by atoms with Crippen molar-refractivity contribution in [2.75, 3.05) is 5.73 Å². The van der Waals surface area contributed by atoms with E-state index in [1.807, 2.05) is 6.07 Å². The fraction of sp³-hybridized carbons (Fsp3) is 0. The van der Waals surface area contributed by atoms with Crippen LogP contribution in [0.3, 0.4) is 0 Å². The molecule has 2 aromatic heterocycles. The third-order valence-corrected chi connectivity index (χ3v) is 3.96. The molecule has 0 bridgehead atoms. The molecule has 0 saturated carbocycles. The van der Waals surface area contributed by atoms with Crippen molar-refractivity contribution in [3.63, 3.8) is 0 Å². The second kappa shape index (κ2) is 4.60. The molecule has 3 nitrogen and oxygen atoms in total. The number of hydrogen-bond acceptors (Lipinski definition) is 2. The van der Waals surface area contributed by atoms with Crippen LogP contribution in [0.1, 0.15) is 0 Å². The molecule has 0 fully saturated rings. The molecule has 0 radical (unpaired) electrons. The number of pyridine rings is 1. The highest BCUT2D eigenvalue weighted by molar-refractivity contribution is 6.43. The zero-order chi connectivity index (χ0) is 13.6. The van der Waals surface area contributed by atoms with Crippen LogP contribution in [0.4, 0.5) is 5.82 Å². The van der Waals surface area contributed by atoms with Gasteiger partial charge in [-0.05, 0) is 18.2 Å². The number of fused-ring (bicyclic) bond motifs is 1. The molecular weight excluding hydrogens is 305 g/mol. The minimum absolute atomic E-state index is 0.426. The third kappa shape index (κ3) is 1.94. The predicted molar refractivity (Wildman–Crippen MR) is 80.1 cm³/mol. The summed E-state index contributed by atoms with van der Waals surface area (Å²) < 4.78 is 1.72. The summed E-state index contributed by atoms with van der Waals surface area (Å²) in [7, 11) is 0. The Balaban J connectivity index is 2.35. The highest BCUT2D eigenvalue weighted by Crippen LogP contribution is 2.36. The summed E-state index contributed by atoms with van der Waals surface area (Å²) in [6.45, 7) is 0. The van der Waals surface area contributed by atoms with Crippen LogP contribution in [-0.4, -0.2) is 9.38 Å². The van der Waals surface area contributed by atoms with Crippen molar-refractivity contribution in [1.29, 1.82) is 0 Å². The van der Waals surface area contributed by atoms with E-state index in [9.17, 15) is 0 Å². The van der Waals surface area contributed by atoms with E-state index in [1.165, 1.54) is 0 Å². The van der Waals surface area contributed by atoms with Gasteiger partial charge in [-0.25, -0.2) is 4.98 Å². The molecule has 0 spiro atoms. The van der Waals surface area contributed by atoms with E-state index in [4.69, 9.17) is 40.5 Å². The Morgan fingerprint density at radius 2 is 1.74 bits per heavy atom. The Kier molecular flexibility index (Phi) is 3.05. The summed E-state index contributed by atoms with van der Waals surface area (Å²) >= 11 is 18.3. The van der Waals surface area contributed by atoms with Crippen LogP contribution in [0.2, 0.25) is 15.1 Å². The second-order valence-corrected chi connectivity index (χ2v) is 5.19. The molecule has 0 amide bonds. The van der Waals surface area contributed by atoms with Gasteiger partial charge in [0.15, 0.2) is 5.65 Å². The van der Waals surface area contributed by atoms with Gasteiger partial charge in [-0.15, -0.1) is 0 Å². The normalized spacial score (nSPS) is 11.1. The highest BCUT2D eigenvalue weighted by atomic mass is 35.5. The summed E-state index contributed by atoms with van der Waals surface area (Å²) in [5, 5.41) is 1.41. The molecule has 0 unspecified atom stereocenters. The quantitative estimate of drug-likeness (QED) is 0.716. The van der Waals surface area contributed by atoms with Gasteiger partial charge in [-0.2, -0.15) is 0 Å². The van der Waals surface area contributed by atoms with Crippen molar-refractivity contribution < 1.29 is 0 Å². The third-order valence-electron chi connectivity index (χ3n) is 2.85. The molecular formula is C13H8Cl3N3. The van der Waals surface area contributed by atoms with Gasteiger partial charge in [0.2, 0.25) is 0 Å². The molecule has 3 aromatic rings. The van der Waals surface area contributed by atoms with Gasteiger partial charge in [0, 0.05) is 11.8 Å². The van der Waals surface area contributed by atoms with Crippen molar-refractivity contribution in [1.82, 2.24) is 9.38 Å². The lowest BCUT2D eigenvalue weighted by atomic mass is 10.1. The van der Waals surface area contributed by atoms with Crippen LogP contribution >= 0.6 is 34.8 Å². The number of aromatic nitrogens is 2. The molecule has 2 heterocycles. The molecule has 0 aliphatic heterocycles. The first-order valence-electron chi connectivity index (χ1n) is 5.46. The second-order valence-electron chi connectivity index (χ2n) is 4.00. The zero-order valence-electron chi connectivity index (χ0n) is 9.57. The standard InChI is InChI=1S/C13H8Cl3N3/c14-8-4-1-3-7(10(8)16)11-12(17)19-6-2-5-9(15)13(19)18-11/h1-6H,17H2. The predicted octanol–water partition coefficient (Wildman–Crippen LogP) is 4.54. The van der Waals surface area contributed by atoms with Gasteiger partial charge in [-0.3, -0.25) is 4.40 Å². The Hall–Kier alpha value is -1.42. The number of rotatable bonds is 1. The summed E-state index contributed by atoms with van der Waals surface area (Å²) in [5.41, 5.74) is 7.95.